The lowest BCUT2D eigenvalue weighted by Crippen LogP contribution is -2.57. The number of ether oxygens (including phenoxy) is 1. The zero-order valence-corrected chi connectivity index (χ0v) is 11.4. The first-order chi connectivity index (χ1) is 7.68. The summed E-state index contributed by atoms with van der Waals surface area (Å²) in [5.41, 5.74) is 0. The third kappa shape index (κ3) is 3.57. The van der Waals surface area contributed by atoms with Crippen LogP contribution in [0.1, 0.15) is 33.1 Å². The molecule has 2 N–H and O–H groups in total. The van der Waals surface area contributed by atoms with Crippen molar-refractivity contribution in [2.75, 3.05) is 13.2 Å². The number of amides is 1. The molecule has 4 nitrogen and oxygen atoms in total. The van der Waals surface area contributed by atoms with E-state index in [0.717, 1.165) is 32.4 Å². The maximum absolute atomic E-state index is 11.9. The summed E-state index contributed by atoms with van der Waals surface area (Å²) in [4.78, 5) is 11.9. The Bertz CT molecular complexity index is 247. The molecule has 0 aromatic heterocycles. The van der Waals surface area contributed by atoms with Crippen molar-refractivity contribution in [2.45, 2.75) is 51.3 Å². The van der Waals surface area contributed by atoms with Crippen LogP contribution in [0.4, 0.5) is 0 Å². The van der Waals surface area contributed by atoms with Crippen molar-refractivity contribution >= 4 is 18.3 Å². The Morgan fingerprint density at radius 1 is 1.35 bits per heavy atom. The summed E-state index contributed by atoms with van der Waals surface area (Å²) in [7, 11) is 0. The molecule has 4 unspecified atom stereocenters. The van der Waals surface area contributed by atoms with Gasteiger partial charge < -0.3 is 15.4 Å². The highest BCUT2D eigenvalue weighted by Gasteiger charge is 2.32. The molecule has 0 bridgehead atoms. The number of hydrogen-bond donors (Lipinski definition) is 2. The van der Waals surface area contributed by atoms with Gasteiger partial charge >= 0.3 is 0 Å². The zero-order chi connectivity index (χ0) is 11.5. The van der Waals surface area contributed by atoms with E-state index in [0.29, 0.717) is 12.0 Å². The van der Waals surface area contributed by atoms with Gasteiger partial charge in [-0.15, -0.1) is 12.4 Å². The highest BCUT2D eigenvalue weighted by Crippen LogP contribution is 2.18. The summed E-state index contributed by atoms with van der Waals surface area (Å²) in [5, 5.41) is 6.54. The minimum absolute atomic E-state index is 0. The smallest absolute Gasteiger partial charge is 0.249 e. The van der Waals surface area contributed by atoms with Gasteiger partial charge in [0.1, 0.15) is 6.10 Å². The Morgan fingerprint density at radius 3 is 2.71 bits per heavy atom. The zero-order valence-electron chi connectivity index (χ0n) is 10.6. The minimum atomic E-state index is -0.207. The van der Waals surface area contributed by atoms with Gasteiger partial charge in [-0.05, 0) is 38.6 Å². The Morgan fingerprint density at radius 2 is 2.12 bits per heavy atom. The number of hydrogen-bond acceptors (Lipinski definition) is 3. The molecule has 2 fully saturated rings. The van der Waals surface area contributed by atoms with Gasteiger partial charge in [-0.3, -0.25) is 4.79 Å². The summed E-state index contributed by atoms with van der Waals surface area (Å²) in [5.74, 6) is 0.617. The molecule has 0 spiro atoms. The molecule has 4 atom stereocenters. The van der Waals surface area contributed by atoms with Crippen LogP contribution < -0.4 is 10.6 Å². The Kier molecular flexibility index (Phi) is 5.70. The summed E-state index contributed by atoms with van der Waals surface area (Å²) in [6, 6.07) is 0.597. The van der Waals surface area contributed by atoms with Gasteiger partial charge in [-0.2, -0.15) is 0 Å². The second-order valence-corrected chi connectivity index (χ2v) is 5.04. The Hall–Kier alpha value is -0.320. The molecule has 0 radical (unpaired) electrons. The van der Waals surface area contributed by atoms with Gasteiger partial charge in [0.2, 0.25) is 5.91 Å². The minimum Gasteiger partial charge on any atom is -0.368 e. The molecule has 2 aliphatic rings. The van der Waals surface area contributed by atoms with E-state index in [1.54, 1.807) is 0 Å². The second-order valence-electron chi connectivity index (χ2n) is 5.04. The monoisotopic (exact) mass is 262 g/mol. The fourth-order valence-electron chi connectivity index (χ4n) is 2.65. The van der Waals surface area contributed by atoms with Crippen LogP contribution in [0, 0.1) is 5.92 Å². The van der Waals surface area contributed by atoms with Crippen LogP contribution in [0.2, 0.25) is 0 Å². The number of piperidine rings is 1. The molecule has 5 heteroatoms. The Labute approximate surface area is 109 Å². The number of carbonyl (C=O) groups is 1. The topological polar surface area (TPSA) is 50.4 Å². The van der Waals surface area contributed by atoms with Gasteiger partial charge in [0.25, 0.3) is 0 Å². The van der Waals surface area contributed by atoms with Crippen LogP contribution in [0.3, 0.4) is 0 Å². The van der Waals surface area contributed by atoms with E-state index in [4.69, 9.17) is 4.74 Å². The van der Waals surface area contributed by atoms with Crippen LogP contribution >= 0.6 is 12.4 Å². The summed E-state index contributed by atoms with van der Waals surface area (Å²) in [6.45, 7) is 6.12. The van der Waals surface area contributed by atoms with Crippen LogP contribution in [0.25, 0.3) is 0 Å². The molecule has 100 valence electrons. The molecule has 17 heavy (non-hydrogen) atoms. The number of rotatable bonds is 2. The van der Waals surface area contributed by atoms with Gasteiger partial charge in [0.05, 0.1) is 0 Å². The van der Waals surface area contributed by atoms with Crippen molar-refractivity contribution in [3.63, 3.8) is 0 Å². The lowest BCUT2D eigenvalue weighted by molar-refractivity contribution is -0.131. The number of halogens is 1. The number of nitrogens with one attached hydrogen (secondary N) is 2. The van der Waals surface area contributed by atoms with Crippen molar-refractivity contribution in [3.05, 3.63) is 0 Å². The van der Waals surface area contributed by atoms with Gasteiger partial charge in [-0.25, -0.2) is 0 Å². The average molecular weight is 263 g/mol. The molecule has 2 heterocycles. The van der Waals surface area contributed by atoms with E-state index in [-0.39, 0.29) is 30.5 Å². The van der Waals surface area contributed by atoms with E-state index >= 15 is 0 Å². The van der Waals surface area contributed by atoms with Crippen LogP contribution in [-0.2, 0) is 9.53 Å². The van der Waals surface area contributed by atoms with E-state index in [1.807, 2.05) is 0 Å². The third-order valence-corrected chi connectivity index (χ3v) is 3.75. The molecule has 0 aromatic carbocycles. The predicted octanol–water partition coefficient (Wildman–Crippen LogP) is 1.09. The quantitative estimate of drug-likeness (QED) is 0.783. The van der Waals surface area contributed by atoms with Crippen molar-refractivity contribution in [2.24, 2.45) is 5.92 Å². The molecule has 2 rings (SSSR count). The lowest BCUT2D eigenvalue weighted by Gasteiger charge is -2.36. The standard InChI is InChI=1S/C12H22N2O2.ClH/c1-8-5-6-13-9(2)11(8)14-12(15)10-4-3-7-16-10;/h8-11,13H,3-7H2,1-2H3,(H,14,15);1H. The predicted molar refractivity (Wildman–Crippen MR) is 69.4 cm³/mol. The van der Waals surface area contributed by atoms with Crippen LogP contribution in [0.15, 0.2) is 0 Å². The Balaban J connectivity index is 0.00000144. The van der Waals surface area contributed by atoms with E-state index in [2.05, 4.69) is 24.5 Å². The third-order valence-electron chi connectivity index (χ3n) is 3.75. The molecule has 1 amide bonds. The normalized spacial score (nSPS) is 37.3. The molecule has 2 aliphatic heterocycles. The van der Waals surface area contributed by atoms with Crippen molar-refractivity contribution < 1.29 is 9.53 Å². The molecular weight excluding hydrogens is 240 g/mol. The van der Waals surface area contributed by atoms with Gasteiger partial charge in [0.15, 0.2) is 0 Å². The van der Waals surface area contributed by atoms with Crippen molar-refractivity contribution in [1.82, 2.24) is 10.6 Å². The molecule has 0 aliphatic carbocycles. The highest BCUT2D eigenvalue weighted by atomic mass is 35.5. The van der Waals surface area contributed by atoms with E-state index < -0.39 is 0 Å². The highest BCUT2D eigenvalue weighted by molar-refractivity contribution is 5.85. The van der Waals surface area contributed by atoms with E-state index in [9.17, 15) is 4.79 Å². The molecule has 2 saturated heterocycles. The van der Waals surface area contributed by atoms with E-state index in [1.165, 1.54) is 0 Å². The van der Waals surface area contributed by atoms with Gasteiger partial charge in [0, 0.05) is 18.7 Å². The molecule has 0 aromatic rings. The van der Waals surface area contributed by atoms with Crippen molar-refractivity contribution in [1.29, 1.82) is 0 Å². The fraction of sp³-hybridized carbons (Fsp3) is 0.917. The maximum atomic E-state index is 11.9. The van der Waals surface area contributed by atoms with Crippen LogP contribution in [-0.4, -0.2) is 37.2 Å². The summed E-state index contributed by atoms with van der Waals surface area (Å²) in [6.07, 6.45) is 2.79. The van der Waals surface area contributed by atoms with Crippen molar-refractivity contribution in [3.8, 4) is 0 Å². The molecular formula is C12H23ClN2O2. The SMILES string of the molecule is CC1CCNC(C)C1NC(=O)C1CCCO1.Cl. The van der Waals surface area contributed by atoms with Gasteiger partial charge in [-0.1, -0.05) is 6.92 Å². The lowest BCUT2D eigenvalue weighted by atomic mass is 9.89. The number of carbonyl (C=O) groups excluding carboxylic acids is 1. The second kappa shape index (κ2) is 6.57. The summed E-state index contributed by atoms with van der Waals surface area (Å²) >= 11 is 0. The first-order valence-corrected chi connectivity index (χ1v) is 6.34. The maximum Gasteiger partial charge on any atom is 0.249 e. The average Bonchev–Trinajstić information content (AvgIpc) is 2.76. The molecule has 0 saturated carbocycles. The fourth-order valence-corrected chi connectivity index (χ4v) is 2.65. The summed E-state index contributed by atoms with van der Waals surface area (Å²) < 4.78 is 5.39. The van der Waals surface area contributed by atoms with Crippen LogP contribution in [0.5, 0.6) is 0 Å². The largest absolute Gasteiger partial charge is 0.368 e. The first kappa shape index (κ1) is 14.7. The first-order valence-electron chi connectivity index (χ1n) is 6.34.